The first-order valence-electron chi connectivity index (χ1n) is 8.65. The number of nitro groups is 1. The van der Waals surface area contributed by atoms with Crippen LogP contribution in [0.1, 0.15) is 41.0 Å². The van der Waals surface area contributed by atoms with Crippen LogP contribution in [-0.2, 0) is 9.47 Å². The van der Waals surface area contributed by atoms with Crippen molar-refractivity contribution in [2.75, 3.05) is 24.9 Å². The van der Waals surface area contributed by atoms with Crippen molar-refractivity contribution in [3.05, 3.63) is 45.8 Å². The highest BCUT2D eigenvalue weighted by molar-refractivity contribution is 5.97. The second-order valence-corrected chi connectivity index (χ2v) is 6.04. The molecule has 1 heterocycles. The molecule has 1 aromatic carbocycles. The number of hydrogen-bond donors (Lipinski definition) is 2. The van der Waals surface area contributed by atoms with Gasteiger partial charge in [0.25, 0.3) is 0 Å². The standard InChI is InChI=1S/C18H21N5O6/c1-5-10(2)21-15-14(23(26)27)16(20-9-19-15)22-13-7-11(17(24)28-3)6-12(8-13)18(25)29-4/h6-10H,5H2,1-4H3,(H2,19,20,21,22). The molecule has 0 fully saturated rings. The molecule has 2 rings (SSSR count). The second-order valence-electron chi connectivity index (χ2n) is 6.04. The Morgan fingerprint density at radius 2 is 1.66 bits per heavy atom. The van der Waals surface area contributed by atoms with Crippen molar-refractivity contribution in [3.63, 3.8) is 0 Å². The van der Waals surface area contributed by atoms with E-state index in [2.05, 4.69) is 30.1 Å². The zero-order valence-corrected chi connectivity index (χ0v) is 16.4. The minimum Gasteiger partial charge on any atom is -0.465 e. The Hall–Kier alpha value is -3.76. The van der Waals surface area contributed by atoms with Gasteiger partial charge in [-0.2, -0.15) is 0 Å². The van der Waals surface area contributed by atoms with Gasteiger partial charge in [-0.25, -0.2) is 19.6 Å². The first-order valence-corrected chi connectivity index (χ1v) is 8.65. The van der Waals surface area contributed by atoms with Gasteiger partial charge in [-0.1, -0.05) is 6.92 Å². The van der Waals surface area contributed by atoms with Crippen molar-refractivity contribution in [1.82, 2.24) is 9.97 Å². The molecule has 1 atom stereocenters. The number of anilines is 3. The van der Waals surface area contributed by atoms with Gasteiger partial charge in [0.05, 0.1) is 30.3 Å². The Morgan fingerprint density at radius 1 is 1.10 bits per heavy atom. The highest BCUT2D eigenvalue weighted by atomic mass is 16.6. The molecule has 154 valence electrons. The third kappa shape index (κ3) is 5.15. The molecule has 2 aromatic rings. The number of nitrogens with zero attached hydrogens (tertiary/aromatic N) is 3. The lowest BCUT2D eigenvalue weighted by molar-refractivity contribution is -0.383. The van der Waals surface area contributed by atoms with Crippen LogP contribution in [0, 0.1) is 10.1 Å². The summed E-state index contributed by atoms with van der Waals surface area (Å²) in [5, 5.41) is 17.4. The normalized spacial score (nSPS) is 11.3. The van der Waals surface area contributed by atoms with Gasteiger partial charge >= 0.3 is 17.6 Å². The van der Waals surface area contributed by atoms with E-state index < -0.39 is 16.9 Å². The number of aromatic nitrogens is 2. The summed E-state index contributed by atoms with van der Waals surface area (Å²) in [4.78, 5) is 42.8. The summed E-state index contributed by atoms with van der Waals surface area (Å²) in [7, 11) is 2.39. The Kier molecular flexibility index (Phi) is 7.01. The number of ether oxygens (including phenoxy) is 2. The largest absolute Gasteiger partial charge is 0.465 e. The van der Waals surface area contributed by atoms with Crippen LogP contribution in [0.25, 0.3) is 0 Å². The quantitative estimate of drug-likeness (QED) is 0.383. The minimum atomic E-state index is -0.685. The fourth-order valence-electron chi connectivity index (χ4n) is 2.39. The third-order valence-corrected chi connectivity index (χ3v) is 4.04. The molecule has 0 saturated carbocycles. The summed E-state index contributed by atoms with van der Waals surface area (Å²) >= 11 is 0. The van der Waals surface area contributed by atoms with Crippen LogP contribution in [0.5, 0.6) is 0 Å². The smallest absolute Gasteiger partial charge is 0.353 e. The molecule has 0 amide bonds. The van der Waals surface area contributed by atoms with Crippen LogP contribution in [-0.4, -0.2) is 47.1 Å². The Bertz CT molecular complexity index is 899. The fourth-order valence-corrected chi connectivity index (χ4v) is 2.39. The Balaban J connectivity index is 2.52. The lowest BCUT2D eigenvalue weighted by Crippen LogP contribution is -2.16. The monoisotopic (exact) mass is 403 g/mol. The molecule has 0 radical (unpaired) electrons. The van der Waals surface area contributed by atoms with Crippen LogP contribution in [0.3, 0.4) is 0 Å². The van der Waals surface area contributed by atoms with Crippen molar-refractivity contribution in [1.29, 1.82) is 0 Å². The molecule has 0 aliphatic carbocycles. The predicted octanol–water partition coefficient (Wildman–Crippen LogP) is 2.91. The molecule has 2 N–H and O–H groups in total. The average molecular weight is 403 g/mol. The molecule has 0 aliphatic rings. The molecule has 0 bridgehead atoms. The maximum atomic E-state index is 11.9. The number of esters is 2. The van der Waals surface area contributed by atoms with Crippen LogP contribution < -0.4 is 10.6 Å². The van der Waals surface area contributed by atoms with Gasteiger partial charge in [-0.3, -0.25) is 10.1 Å². The zero-order chi connectivity index (χ0) is 21.6. The number of hydrogen-bond acceptors (Lipinski definition) is 10. The molecule has 11 heteroatoms. The number of rotatable bonds is 8. The van der Waals surface area contributed by atoms with Crippen molar-refractivity contribution in [2.45, 2.75) is 26.3 Å². The Morgan fingerprint density at radius 3 is 2.14 bits per heavy atom. The lowest BCUT2D eigenvalue weighted by Gasteiger charge is -2.14. The molecule has 0 spiro atoms. The van der Waals surface area contributed by atoms with Crippen LogP contribution >= 0.6 is 0 Å². The van der Waals surface area contributed by atoms with E-state index in [1.807, 2.05) is 13.8 Å². The topological polar surface area (TPSA) is 146 Å². The van der Waals surface area contributed by atoms with E-state index in [-0.39, 0.29) is 40.2 Å². The average Bonchev–Trinajstić information content (AvgIpc) is 2.71. The van der Waals surface area contributed by atoms with E-state index in [0.717, 1.165) is 6.42 Å². The summed E-state index contributed by atoms with van der Waals surface area (Å²) in [6.07, 6.45) is 1.90. The van der Waals surface area contributed by atoms with Crippen molar-refractivity contribution < 1.29 is 24.0 Å². The third-order valence-electron chi connectivity index (χ3n) is 4.04. The first kappa shape index (κ1) is 21.5. The van der Waals surface area contributed by atoms with Crippen LogP contribution in [0.4, 0.5) is 23.0 Å². The molecular weight excluding hydrogens is 382 g/mol. The zero-order valence-electron chi connectivity index (χ0n) is 16.4. The summed E-state index contributed by atoms with van der Waals surface area (Å²) in [5.74, 6) is -1.42. The number of carbonyl (C=O) groups is 2. The first-order chi connectivity index (χ1) is 13.8. The van der Waals surface area contributed by atoms with Crippen molar-refractivity contribution in [3.8, 4) is 0 Å². The van der Waals surface area contributed by atoms with E-state index >= 15 is 0 Å². The van der Waals surface area contributed by atoms with Crippen molar-refractivity contribution >= 4 is 34.9 Å². The van der Waals surface area contributed by atoms with Gasteiger partial charge < -0.3 is 20.1 Å². The summed E-state index contributed by atoms with van der Waals surface area (Å²) < 4.78 is 9.37. The fraction of sp³-hybridized carbons (Fsp3) is 0.333. The van der Waals surface area contributed by atoms with Gasteiger partial charge in [0.15, 0.2) is 0 Å². The minimum absolute atomic E-state index is 0.0509. The molecule has 1 aromatic heterocycles. The maximum absolute atomic E-state index is 11.9. The lowest BCUT2D eigenvalue weighted by atomic mass is 10.1. The summed E-state index contributed by atoms with van der Waals surface area (Å²) in [6, 6.07) is 4.01. The molecule has 29 heavy (non-hydrogen) atoms. The summed E-state index contributed by atoms with van der Waals surface area (Å²) in [6.45, 7) is 3.79. The van der Waals surface area contributed by atoms with Crippen LogP contribution in [0.15, 0.2) is 24.5 Å². The van der Waals surface area contributed by atoms with Gasteiger partial charge in [-0.05, 0) is 31.5 Å². The van der Waals surface area contributed by atoms with Gasteiger partial charge in [0.2, 0.25) is 11.6 Å². The van der Waals surface area contributed by atoms with Crippen molar-refractivity contribution in [2.24, 2.45) is 0 Å². The van der Waals surface area contributed by atoms with E-state index in [1.54, 1.807) is 0 Å². The molecule has 0 aliphatic heterocycles. The Labute approximate surface area is 166 Å². The van der Waals surface area contributed by atoms with E-state index in [9.17, 15) is 19.7 Å². The molecule has 1 unspecified atom stereocenters. The highest BCUT2D eigenvalue weighted by Gasteiger charge is 2.24. The SMILES string of the molecule is CCC(C)Nc1ncnc(Nc2cc(C(=O)OC)cc(C(=O)OC)c2)c1[N+](=O)[O-]. The number of carbonyl (C=O) groups excluding carboxylic acids is 2. The van der Waals surface area contributed by atoms with E-state index in [4.69, 9.17) is 0 Å². The van der Waals surface area contributed by atoms with E-state index in [1.165, 1.54) is 38.7 Å². The number of benzene rings is 1. The number of methoxy groups -OCH3 is 2. The van der Waals surface area contributed by atoms with Crippen LogP contribution in [0.2, 0.25) is 0 Å². The van der Waals surface area contributed by atoms with Gasteiger partial charge in [0.1, 0.15) is 6.33 Å². The molecule has 0 saturated heterocycles. The molecule has 11 nitrogen and oxygen atoms in total. The van der Waals surface area contributed by atoms with Gasteiger partial charge in [-0.15, -0.1) is 0 Å². The highest BCUT2D eigenvalue weighted by Crippen LogP contribution is 2.32. The van der Waals surface area contributed by atoms with Gasteiger partial charge in [0, 0.05) is 11.7 Å². The maximum Gasteiger partial charge on any atom is 0.353 e. The predicted molar refractivity (Wildman–Crippen MR) is 104 cm³/mol. The summed E-state index contributed by atoms with van der Waals surface area (Å²) in [5.41, 5.74) is -0.0272. The number of nitrogens with one attached hydrogen (secondary N) is 2. The molecular formula is C18H21N5O6. The second kappa shape index (κ2) is 9.44. The van der Waals surface area contributed by atoms with E-state index in [0.29, 0.717) is 0 Å².